The lowest BCUT2D eigenvalue weighted by Gasteiger charge is -2.30. The van der Waals surface area contributed by atoms with E-state index in [1.165, 1.54) is 30.9 Å². The van der Waals surface area contributed by atoms with Crippen LogP contribution in [-0.2, 0) is 0 Å². The summed E-state index contributed by atoms with van der Waals surface area (Å²) in [6.45, 7) is 0. The zero-order valence-electron chi connectivity index (χ0n) is 30.6. The molecule has 0 radical (unpaired) electrons. The average Bonchev–Trinajstić information content (AvgIpc) is 3.64. The third kappa shape index (κ3) is 6.22. The number of rotatable bonds is 9. The van der Waals surface area contributed by atoms with Gasteiger partial charge in [-0.05, 0) is 114 Å². The van der Waals surface area contributed by atoms with Gasteiger partial charge in [-0.1, -0.05) is 121 Å². The second-order valence-electron chi connectivity index (χ2n) is 13.8. The van der Waals surface area contributed by atoms with Crippen LogP contribution < -0.4 is 14.7 Å². The molecule has 10 rings (SSSR count). The molecule has 0 bridgehead atoms. The molecule has 0 unspecified atom stereocenters. The molecule has 1 aromatic heterocycles. The van der Waals surface area contributed by atoms with Crippen LogP contribution in [-0.4, -0.2) is 0 Å². The van der Waals surface area contributed by atoms with E-state index < -0.39 is 0 Å². The van der Waals surface area contributed by atoms with Crippen molar-refractivity contribution in [1.82, 2.24) is 0 Å². The Hall–Kier alpha value is -7.14. The predicted molar refractivity (Wildman–Crippen MR) is 241 cm³/mol. The fraction of sp³-hybridized carbons (Fsp3) is 0. The quantitative estimate of drug-likeness (QED) is 0.146. The number of benzene rings is 9. The van der Waals surface area contributed by atoms with Crippen LogP contribution in [0.2, 0.25) is 0 Å². The van der Waals surface area contributed by atoms with Crippen molar-refractivity contribution in [2.45, 2.75) is 0 Å². The van der Waals surface area contributed by atoms with Gasteiger partial charge in [0.15, 0.2) is 0 Å². The number of fused-ring (bicyclic) bond motifs is 4. The van der Waals surface area contributed by atoms with Crippen LogP contribution >= 0.6 is 11.3 Å². The molecule has 0 atom stereocenters. The highest BCUT2D eigenvalue weighted by Gasteiger charge is 2.24. The maximum absolute atomic E-state index is 2.41. The Kier molecular flexibility index (Phi) is 8.71. The summed E-state index contributed by atoms with van der Waals surface area (Å²) >= 11 is 1.85. The molecule has 0 amide bonds. The van der Waals surface area contributed by atoms with E-state index in [0.717, 1.165) is 51.2 Å². The Labute approximate surface area is 331 Å². The zero-order valence-corrected chi connectivity index (χ0v) is 31.4. The van der Waals surface area contributed by atoms with E-state index in [1.807, 2.05) is 11.3 Å². The normalized spacial score (nSPS) is 11.2. The van der Waals surface area contributed by atoms with Crippen molar-refractivity contribution in [3.8, 4) is 0 Å². The summed E-state index contributed by atoms with van der Waals surface area (Å²) < 4.78 is 2.45. The van der Waals surface area contributed by atoms with Gasteiger partial charge in [0.1, 0.15) is 0 Å². The highest BCUT2D eigenvalue weighted by molar-refractivity contribution is 7.26. The molecule has 56 heavy (non-hydrogen) atoms. The second kappa shape index (κ2) is 14.6. The van der Waals surface area contributed by atoms with Gasteiger partial charge >= 0.3 is 0 Å². The number of anilines is 9. The van der Waals surface area contributed by atoms with Gasteiger partial charge < -0.3 is 14.7 Å². The molecule has 0 aliphatic heterocycles. The first kappa shape index (κ1) is 33.4. The van der Waals surface area contributed by atoms with Crippen LogP contribution in [0.1, 0.15) is 0 Å². The summed E-state index contributed by atoms with van der Waals surface area (Å²) in [6.07, 6.45) is 0. The molecule has 266 valence electrons. The van der Waals surface area contributed by atoms with Gasteiger partial charge in [-0.15, -0.1) is 11.3 Å². The van der Waals surface area contributed by atoms with Gasteiger partial charge in [-0.2, -0.15) is 0 Å². The number of nitrogens with zero attached hydrogens (tertiary/aromatic N) is 3. The van der Waals surface area contributed by atoms with Crippen LogP contribution in [0, 0.1) is 0 Å². The molecule has 0 saturated heterocycles. The van der Waals surface area contributed by atoms with E-state index in [1.54, 1.807) is 0 Å². The number of para-hydroxylation sites is 5. The maximum atomic E-state index is 2.41. The Bertz CT molecular complexity index is 2830. The standard InChI is InChI=1S/C52H37N3S/c1-6-20-40(21-7-1)53(41-22-8-2-9-23-41)47-36-49(55(43-26-12-4-13-27-43)44-28-14-5-15-29-44)52-48-35-46(32-33-50(48)56-51(52)37-47)54(42-24-10-3-11-25-42)45-31-30-38-18-16-17-19-39(38)34-45/h1-37H. The average molecular weight is 736 g/mol. The molecule has 0 aliphatic carbocycles. The predicted octanol–water partition coefficient (Wildman–Crippen LogP) is 15.6. The Morgan fingerprint density at radius 1 is 0.268 bits per heavy atom. The van der Waals surface area contributed by atoms with Crippen LogP contribution in [0.15, 0.2) is 224 Å². The summed E-state index contributed by atoms with van der Waals surface area (Å²) in [6, 6.07) is 80.5. The Morgan fingerprint density at radius 3 is 1.23 bits per heavy atom. The molecule has 3 nitrogen and oxygen atoms in total. The van der Waals surface area contributed by atoms with Crippen LogP contribution in [0.5, 0.6) is 0 Å². The highest BCUT2D eigenvalue weighted by Crippen LogP contribution is 2.50. The number of thiophene rings is 1. The lowest BCUT2D eigenvalue weighted by Crippen LogP contribution is -2.13. The summed E-state index contributed by atoms with van der Waals surface area (Å²) in [5, 5.41) is 4.88. The maximum Gasteiger partial charge on any atom is 0.0575 e. The Morgan fingerprint density at radius 2 is 0.696 bits per heavy atom. The second-order valence-corrected chi connectivity index (χ2v) is 14.9. The van der Waals surface area contributed by atoms with Gasteiger partial charge in [0.2, 0.25) is 0 Å². The lowest BCUT2D eigenvalue weighted by atomic mass is 10.0. The lowest BCUT2D eigenvalue weighted by molar-refractivity contribution is 1.26. The van der Waals surface area contributed by atoms with Gasteiger partial charge in [0, 0.05) is 65.7 Å². The molecule has 10 aromatic rings. The molecule has 9 aromatic carbocycles. The molecular weight excluding hydrogens is 699 g/mol. The summed E-state index contributed by atoms with van der Waals surface area (Å²) in [5.74, 6) is 0. The molecule has 0 spiro atoms. The van der Waals surface area contributed by atoms with E-state index in [9.17, 15) is 0 Å². The minimum Gasteiger partial charge on any atom is -0.310 e. The minimum absolute atomic E-state index is 1.09. The van der Waals surface area contributed by atoms with Gasteiger partial charge in [-0.3, -0.25) is 0 Å². The molecule has 0 aliphatic rings. The zero-order chi connectivity index (χ0) is 37.3. The van der Waals surface area contributed by atoms with Crippen LogP contribution in [0.4, 0.5) is 51.2 Å². The van der Waals surface area contributed by atoms with E-state index in [-0.39, 0.29) is 0 Å². The van der Waals surface area contributed by atoms with Crippen molar-refractivity contribution >= 4 is 93.5 Å². The largest absolute Gasteiger partial charge is 0.310 e. The van der Waals surface area contributed by atoms with Crippen molar-refractivity contribution in [3.63, 3.8) is 0 Å². The smallest absolute Gasteiger partial charge is 0.0575 e. The van der Waals surface area contributed by atoms with E-state index >= 15 is 0 Å². The third-order valence-electron chi connectivity index (χ3n) is 10.3. The van der Waals surface area contributed by atoms with Crippen molar-refractivity contribution in [3.05, 3.63) is 224 Å². The summed E-state index contributed by atoms with van der Waals surface area (Å²) in [4.78, 5) is 7.16. The molecule has 0 fully saturated rings. The van der Waals surface area contributed by atoms with Crippen molar-refractivity contribution in [1.29, 1.82) is 0 Å². The molecule has 0 N–H and O–H groups in total. The first-order valence-electron chi connectivity index (χ1n) is 18.9. The third-order valence-corrected chi connectivity index (χ3v) is 11.5. The van der Waals surface area contributed by atoms with Gasteiger partial charge in [0.05, 0.1) is 5.69 Å². The number of hydrogen-bond donors (Lipinski definition) is 0. The Balaban J connectivity index is 1.26. The number of hydrogen-bond acceptors (Lipinski definition) is 4. The van der Waals surface area contributed by atoms with Crippen LogP contribution in [0.3, 0.4) is 0 Å². The summed E-state index contributed by atoms with van der Waals surface area (Å²) in [7, 11) is 0. The highest BCUT2D eigenvalue weighted by atomic mass is 32.1. The minimum atomic E-state index is 1.09. The fourth-order valence-electron chi connectivity index (χ4n) is 7.83. The topological polar surface area (TPSA) is 9.72 Å². The van der Waals surface area contributed by atoms with Crippen molar-refractivity contribution in [2.24, 2.45) is 0 Å². The molecule has 1 heterocycles. The fourth-order valence-corrected chi connectivity index (χ4v) is 8.97. The molecular formula is C52H37N3S. The van der Waals surface area contributed by atoms with Gasteiger partial charge in [-0.25, -0.2) is 0 Å². The molecule has 4 heteroatoms. The van der Waals surface area contributed by atoms with Crippen molar-refractivity contribution < 1.29 is 0 Å². The first-order valence-corrected chi connectivity index (χ1v) is 19.7. The first-order chi connectivity index (χ1) is 27.8. The van der Waals surface area contributed by atoms with E-state index in [2.05, 4.69) is 239 Å². The van der Waals surface area contributed by atoms with E-state index in [0.29, 0.717) is 0 Å². The monoisotopic (exact) mass is 735 g/mol. The van der Waals surface area contributed by atoms with Crippen molar-refractivity contribution in [2.75, 3.05) is 14.7 Å². The summed E-state index contributed by atoms with van der Waals surface area (Å²) in [5.41, 5.74) is 9.95. The SMILES string of the molecule is c1ccc(N(c2ccccc2)c2cc(N(c3ccccc3)c3ccccc3)c3c(c2)sc2ccc(N(c4ccccc4)c4ccc5ccccc5c4)cc23)cc1. The van der Waals surface area contributed by atoms with E-state index in [4.69, 9.17) is 0 Å². The van der Waals surface area contributed by atoms with Crippen LogP contribution in [0.25, 0.3) is 30.9 Å². The van der Waals surface area contributed by atoms with Gasteiger partial charge in [0.25, 0.3) is 0 Å². The molecule has 0 saturated carbocycles.